The Hall–Kier alpha value is -3.44. The number of carbonyl (C=O) groups is 1. The number of amides is 1. The molecule has 30 heavy (non-hydrogen) atoms. The Bertz CT molecular complexity index is 986. The van der Waals surface area contributed by atoms with Gasteiger partial charge in [0.1, 0.15) is 17.5 Å². The van der Waals surface area contributed by atoms with Crippen molar-refractivity contribution in [3.63, 3.8) is 0 Å². The van der Waals surface area contributed by atoms with E-state index in [-0.39, 0.29) is 5.56 Å². The molecule has 1 amide bonds. The number of ether oxygens (including phenoxy) is 4. The molecule has 0 fully saturated rings. The van der Waals surface area contributed by atoms with Gasteiger partial charge >= 0.3 is 0 Å². The second-order valence-corrected chi connectivity index (χ2v) is 7.38. The molecule has 1 aliphatic rings. The molecule has 0 saturated heterocycles. The maximum absolute atomic E-state index is 13.1. The minimum Gasteiger partial charge on any atom is -0.493 e. The van der Waals surface area contributed by atoms with Crippen LogP contribution in [0.25, 0.3) is 0 Å². The Balaban J connectivity index is 2.01. The van der Waals surface area contributed by atoms with Gasteiger partial charge in [0.15, 0.2) is 11.5 Å². The number of hydrogen-bond donors (Lipinski definition) is 2. The SMILES string of the molecule is COc1cc(C(=O)NC2c3cc(C#N)ccc3OC(C)(C)C2O)cc(OC)c1OC. The lowest BCUT2D eigenvalue weighted by Gasteiger charge is -2.42. The van der Waals surface area contributed by atoms with Crippen molar-refractivity contribution in [1.29, 1.82) is 5.26 Å². The van der Waals surface area contributed by atoms with Crippen LogP contribution in [0.1, 0.15) is 41.4 Å². The van der Waals surface area contributed by atoms with Gasteiger partial charge < -0.3 is 29.4 Å². The largest absolute Gasteiger partial charge is 0.493 e. The Morgan fingerprint density at radius 1 is 1.13 bits per heavy atom. The Labute approximate surface area is 174 Å². The van der Waals surface area contributed by atoms with Gasteiger partial charge in [-0.05, 0) is 44.2 Å². The first kappa shape index (κ1) is 21.3. The third-order valence-electron chi connectivity index (χ3n) is 5.09. The van der Waals surface area contributed by atoms with Crippen LogP contribution in [-0.4, -0.2) is 44.0 Å². The maximum Gasteiger partial charge on any atom is 0.252 e. The number of fused-ring (bicyclic) bond motifs is 1. The number of nitrogens with zero attached hydrogens (tertiary/aromatic N) is 1. The summed E-state index contributed by atoms with van der Waals surface area (Å²) in [7, 11) is 4.40. The summed E-state index contributed by atoms with van der Waals surface area (Å²) in [5.74, 6) is 1.08. The highest BCUT2D eigenvalue weighted by atomic mass is 16.5. The van der Waals surface area contributed by atoms with E-state index in [9.17, 15) is 15.2 Å². The fraction of sp³-hybridized carbons (Fsp3) is 0.364. The van der Waals surface area contributed by atoms with Crippen LogP contribution in [0.3, 0.4) is 0 Å². The molecule has 0 saturated carbocycles. The normalized spacial score (nSPS) is 19.0. The second kappa shape index (κ2) is 8.13. The van der Waals surface area contributed by atoms with Gasteiger partial charge in [0.2, 0.25) is 5.75 Å². The van der Waals surface area contributed by atoms with E-state index in [4.69, 9.17) is 18.9 Å². The van der Waals surface area contributed by atoms with Crippen LogP contribution in [0.4, 0.5) is 0 Å². The van der Waals surface area contributed by atoms with Crippen LogP contribution < -0.4 is 24.3 Å². The number of aliphatic hydroxyl groups is 1. The first-order chi connectivity index (χ1) is 14.2. The zero-order valence-corrected chi connectivity index (χ0v) is 17.5. The van der Waals surface area contributed by atoms with E-state index in [1.54, 1.807) is 32.0 Å². The summed E-state index contributed by atoms with van der Waals surface area (Å²) in [6, 6.07) is 9.23. The van der Waals surface area contributed by atoms with Crippen molar-refractivity contribution in [2.45, 2.75) is 31.6 Å². The predicted molar refractivity (Wildman–Crippen MR) is 108 cm³/mol. The van der Waals surface area contributed by atoms with E-state index in [2.05, 4.69) is 11.4 Å². The number of aliphatic hydroxyl groups excluding tert-OH is 1. The quantitative estimate of drug-likeness (QED) is 0.777. The smallest absolute Gasteiger partial charge is 0.252 e. The predicted octanol–water partition coefficient (Wildman–Crippen LogP) is 2.59. The minimum absolute atomic E-state index is 0.263. The number of benzene rings is 2. The van der Waals surface area contributed by atoms with Gasteiger partial charge in [0.05, 0.1) is 39.0 Å². The van der Waals surface area contributed by atoms with E-state index in [0.29, 0.717) is 34.1 Å². The Morgan fingerprint density at radius 2 is 1.77 bits per heavy atom. The molecule has 2 aromatic rings. The lowest BCUT2D eigenvalue weighted by atomic mass is 9.85. The van der Waals surface area contributed by atoms with Gasteiger partial charge in [-0.2, -0.15) is 5.26 Å². The molecule has 2 N–H and O–H groups in total. The first-order valence-electron chi connectivity index (χ1n) is 9.27. The van der Waals surface area contributed by atoms with Crippen molar-refractivity contribution in [2.24, 2.45) is 0 Å². The molecule has 0 radical (unpaired) electrons. The second-order valence-electron chi connectivity index (χ2n) is 7.38. The number of nitriles is 1. The zero-order valence-electron chi connectivity index (χ0n) is 17.5. The molecule has 2 aromatic carbocycles. The third-order valence-corrected chi connectivity index (χ3v) is 5.09. The first-order valence-corrected chi connectivity index (χ1v) is 9.27. The lowest BCUT2D eigenvalue weighted by molar-refractivity contribution is -0.0627. The van der Waals surface area contributed by atoms with Crippen molar-refractivity contribution in [2.75, 3.05) is 21.3 Å². The summed E-state index contributed by atoms with van der Waals surface area (Å²) < 4.78 is 21.8. The van der Waals surface area contributed by atoms with E-state index < -0.39 is 23.7 Å². The fourth-order valence-electron chi connectivity index (χ4n) is 3.46. The summed E-state index contributed by atoms with van der Waals surface area (Å²) in [5.41, 5.74) is 0.242. The van der Waals surface area contributed by atoms with Gasteiger partial charge in [-0.3, -0.25) is 4.79 Å². The average Bonchev–Trinajstić information content (AvgIpc) is 2.75. The van der Waals surface area contributed by atoms with Crippen LogP contribution in [0, 0.1) is 11.3 Å². The standard InChI is InChI=1S/C22H24N2O6/c1-22(2)20(25)18(14-8-12(11-23)6-7-15(14)30-22)24-21(26)13-9-16(27-3)19(29-5)17(10-13)28-4/h6-10,18,20,25H,1-5H3,(H,24,26). The van der Waals surface area contributed by atoms with Crippen molar-refractivity contribution in [3.05, 3.63) is 47.0 Å². The topological polar surface area (TPSA) is 110 Å². The number of carbonyl (C=O) groups excluding carboxylic acids is 1. The van der Waals surface area contributed by atoms with E-state index in [1.807, 2.05) is 0 Å². The van der Waals surface area contributed by atoms with Gasteiger partial charge in [-0.25, -0.2) is 0 Å². The van der Waals surface area contributed by atoms with Gasteiger partial charge in [-0.15, -0.1) is 0 Å². The Morgan fingerprint density at radius 3 is 2.30 bits per heavy atom. The van der Waals surface area contributed by atoms with Gasteiger partial charge in [0.25, 0.3) is 5.91 Å². The highest BCUT2D eigenvalue weighted by Crippen LogP contribution is 2.41. The molecule has 1 heterocycles. The van der Waals surface area contributed by atoms with Gasteiger partial charge in [-0.1, -0.05) is 0 Å². The number of methoxy groups -OCH3 is 3. The molecule has 8 heteroatoms. The number of nitrogens with one attached hydrogen (secondary N) is 1. The van der Waals surface area contributed by atoms with Gasteiger partial charge in [0, 0.05) is 11.1 Å². The molecule has 0 aromatic heterocycles. The molecule has 1 aliphatic heterocycles. The van der Waals surface area contributed by atoms with Crippen LogP contribution >= 0.6 is 0 Å². The maximum atomic E-state index is 13.1. The van der Waals surface area contributed by atoms with Crippen molar-refractivity contribution in [1.82, 2.24) is 5.32 Å². The molecule has 3 rings (SSSR count). The Kier molecular flexibility index (Phi) is 5.76. The summed E-state index contributed by atoms with van der Waals surface area (Å²) >= 11 is 0. The van der Waals surface area contributed by atoms with Crippen molar-refractivity contribution < 1.29 is 28.8 Å². The molecule has 8 nitrogen and oxygen atoms in total. The van der Waals surface area contributed by atoms with E-state index in [0.717, 1.165) is 0 Å². The van der Waals surface area contributed by atoms with Crippen LogP contribution in [0.15, 0.2) is 30.3 Å². The minimum atomic E-state index is -1.05. The molecule has 2 unspecified atom stereocenters. The van der Waals surface area contributed by atoms with Crippen LogP contribution in [-0.2, 0) is 0 Å². The summed E-state index contributed by atoms with van der Waals surface area (Å²) in [6.45, 7) is 3.47. The number of rotatable bonds is 5. The van der Waals surface area contributed by atoms with Crippen LogP contribution in [0.5, 0.6) is 23.0 Å². The molecule has 158 valence electrons. The summed E-state index contributed by atoms with van der Waals surface area (Å²) in [5, 5.41) is 23.0. The lowest BCUT2D eigenvalue weighted by Crippen LogP contribution is -2.53. The molecule has 0 bridgehead atoms. The monoisotopic (exact) mass is 412 g/mol. The third kappa shape index (κ3) is 3.72. The van der Waals surface area contributed by atoms with Crippen molar-refractivity contribution in [3.8, 4) is 29.1 Å². The molecule has 2 atom stereocenters. The summed E-state index contributed by atoms with van der Waals surface area (Å²) in [4.78, 5) is 13.1. The fourth-order valence-corrected chi connectivity index (χ4v) is 3.46. The van der Waals surface area contributed by atoms with Crippen molar-refractivity contribution >= 4 is 5.91 Å². The number of hydrogen-bond acceptors (Lipinski definition) is 7. The highest BCUT2D eigenvalue weighted by molar-refractivity contribution is 5.96. The van der Waals surface area contributed by atoms with Crippen LogP contribution in [0.2, 0.25) is 0 Å². The zero-order chi connectivity index (χ0) is 22.1. The molecule has 0 spiro atoms. The summed E-state index contributed by atoms with van der Waals surface area (Å²) in [6.07, 6.45) is -1.05. The molecule has 0 aliphatic carbocycles. The molecular weight excluding hydrogens is 388 g/mol. The van der Waals surface area contributed by atoms with E-state index >= 15 is 0 Å². The highest BCUT2D eigenvalue weighted by Gasteiger charge is 2.43. The molecular formula is C22H24N2O6. The van der Waals surface area contributed by atoms with E-state index in [1.165, 1.54) is 33.5 Å². The average molecular weight is 412 g/mol.